The summed E-state index contributed by atoms with van der Waals surface area (Å²) < 4.78 is 78.9. The Morgan fingerprint density at radius 1 is 1.00 bits per heavy atom. The second kappa shape index (κ2) is 7.77. The van der Waals surface area contributed by atoms with Crippen LogP contribution < -0.4 is 0 Å². The van der Waals surface area contributed by atoms with Gasteiger partial charge in [0.25, 0.3) is 0 Å². The summed E-state index contributed by atoms with van der Waals surface area (Å²) >= 11 is 0. The third-order valence-corrected chi connectivity index (χ3v) is 5.32. The maximum atomic E-state index is 13.8. The van der Waals surface area contributed by atoms with Gasteiger partial charge in [-0.15, -0.1) is 0 Å². The minimum atomic E-state index is -2.47. The van der Waals surface area contributed by atoms with Gasteiger partial charge in [-0.05, 0) is 79.7 Å². The lowest BCUT2D eigenvalue weighted by Crippen LogP contribution is -2.25. The molecule has 2 aliphatic carbocycles. The van der Waals surface area contributed by atoms with Crippen LogP contribution in [0.15, 0.2) is 18.2 Å². The average Bonchev–Trinajstić information content (AvgIpc) is 2.65. The predicted octanol–water partition coefficient (Wildman–Crippen LogP) is 6.85. The van der Waals surface area contributed by atoms with Gasteiger partial charge in [0.1, 0.15) is 0 Å². The van der Waals surface area contributed by atoms with Crippen molar-refractivity contribution in [1.29, 1.82) is 0 Å². The highest BCUT2D eigenvalue weighted by Gasteiger charge is 2.31. The molecule has 2 heteroatoms. The van der Waals surface area contributed by atoms with Crippen LogP contribution in [0.3, 0.4) is 0 Å². The quantitative estimate of drug-likeness (QED) is 0.568. The molecule has 128 valence electrons. The molecule has 0 bridgehead atoms. The Balaban J connectivity index is 1.91. The fraction of sp³-hybridized carbons (Fsp3) is 0.714. The van der Waals surface area contributed by atoms with E-state index in [-0.39, 0.29) is 11.5 Å². The molecular formula is C21H30F2. The van der Waals surface area contributed by atoms with E-state index in [1.165, 1.54) is 6.07 Å². The lowest BCUT2D eigenvalue weighted by molar-refractivity contribution is 0.156. The summed E-state index contributed by atoms with van der Waals surface area (Å²) in [5.41, 5.74) is 0.0418. The molecule has 0 amide bonds. The predicted molar refractivity (Wildman–Crippen MR) is 91.4 cm³/mol. The van der Waals surface area contributed by atoms with E-state index in [0.29, 0.717) is 5.92 Å². The smallest absolute Gasteiger partial charge is 0.159 e. The summed E-state index contributed by atoms with van der Waals surface area (Å²) in [5.74, 6) is -3.96. The van der Waals surface area contributed by atoms with E-state index in [2.05, 4.69) is 6.92 Å². The molecule has 0 N–H and O–H groups in total. The second-order valence-electron chi connectivity index (χ2n) is 6.92. The minimum Gasteiger partial charge on any atom is -0.204 e. The van der Waals surface area contributed by atoms with E-state index < -0.39 is 49.0 Å². The molecule has 0 radical (unpaired) electrons. The van der Waals surface area contributed by atoms with E-state index in [1.54, 1.807) is 0 Å². The van der Waals surface area contributed by atoms with E-state index >= 15 is 0 Å². The van der Waals surface area contributed by atoms with Crippen molar-refractivity contribution >= 4 is 0 Å². The molecule has 1 aromatic rings. The van der Waals surface area contributed by atoms with Gasteiger partial charge < -0.3 is 0 Å². The lowest BCUT2D eigenvalue weighted by atomic mass is 9.68. The zero-order valence-electron chi connectivity index (χ0n) is 19.7. The number of halogens is 2. The summed E-state index contributed by atoms with van der Waals surface area (Å²) in [7, 11) is 0. The van der Waals surface area contributed by atoms with Crippen molar-refractivity contribution in [3.05, 3.63) is 35.4 Å². The van der Waals surface area contributed by atoms with Gasteiger partial charge in [-0.25, -0.2) is 8.78 Å². The Kier molecular flexibility index (Phi) is 3.66. The van der Waals surface area contributed by atoms with Crippen LogP contribution in [-0.2, 0) is 0 Å². The van der Waals surface area contributed by atoms with Crippen molar-refractivity contribution in [2.24, 2.45) is 17.8 Å². The Morgan fingerprint density at radius 2 is 1.78 bits per heavy atom. The zero-order valence-corrected chi connectivity index (χ0v) is 13.7. The molecule has 3 rings (SSSR count). The first-order chi connectivity index (χ1) is 13.5. The third-order valence-electron chi connectivity index (χ3n) is 5.32. The molecule has 0 heterocycles. The standard InChI is InChI=1S/C21H30F2/c1-2-3-15-4-6-16(7-5-15)17-8-10-18(11-9-17)19-12-13-20(22)21(23)14-19/h12-18H,2-11H2,1H3/t15?,16?,17-,18?/i8D,9D2,10D,11D2/t8-,10?,15?,16?,17+,18?/m0/s1. The zero-order chi connectivity index (χ0) is 21.6. The summed E-state index contributed by atoms with van der Waals surface area (Å²) in [6, 6.07) is 2.93. The Morgan fingerprint density at radius 3 is 2.48 bits per heavy atom. The van der Waals surface area contributed by atoms with Gasteiger partial charge in [-0.1, -0.05) is 38.7 Å². The number of hydrogen-bond acceptors (Lipinski definition) is 0. The first kappa shape index (κ1) is 10.8. The van der Waals surface area contributed by atoms with Gasteiger partial charge in [0.05, 0.1) is 0 Å². The number of benzene rings is 1. The Bertz CT molecular complexity index is 717. The molecule has 4 atom stereocenters. The van der Waals surface area contributed by atoms with Gasteiger partial charge >= 0.3 is 0 Å². The highest BCUT2D eigenvalue weighted by Crippen LogP contribution is 2.44. The van der Waals surface area contributed by atoms with Crippen LogP contribution in [-0.4, -0.2) is 0 Å². The lowest BCUT2D eigenvalue weighted by Gasteiger charge is -2.38. The molecule has 23 heavy (non-hydrogen) atoms. The van der Waals surface area contributed by atoms with E-state index in [9.17, 15) is 8.78 Å². The van der Waals surface area contributed by atoms with Gasteiger partial charge in [0.15, 0.2) is 11.6 Å². The first-order valence-corrected chi connectivity index (χ1v) is 8.81. The molecule has 2 saturated carbocycles. The minimum absolute atomic E-state index is 0.0418. The topological polar surface area (TPSA) is 0 Å². The monoisotopic (exact) mass is 326 g/mol. The van der Waals surface area contributed by atoms with Gasteiger partial charge in [0.2, 0.25) is 0 Å². The molecule has 1 aromatic carbocycles. The van der Waals surface area contributed by atoms with E-state index in [1.807, 2.05) is 0 Å². The van der Waals surface area contributed by atoms with Crippen LogP contribution >= 0.6 is 0 Å². The van der Waals surface area contributed by atoms with Crippen LogP contribution in [0.4, 0.5) is 8.78 Å². The summed E-state index contributed by atoms with van der Waals surface area (Å²) in [5, 5.41) is 0. The number of rotatable bonds is 4. The van der Waals surface area contributed by atoms with Crippen LogP contribution in [0.1, 0.15) is 90.7 Å². The summed E-state index contributed by atoms with van der Waals surface area (Å²) in [4.78, 5) is 0. The highest BCUT2D eigenvalue weighted by atomic mass is 19.2. The van der Waals surface area contributed by atoms with Crippen molar-refractivity contribution < 1.29 is 17.0 Å². The normalized spacial score (nSPS) is 46.6. The molecule has 0 nitrogen and oxygen atoms in total. The van der Waals surface area contributed by atoms with Gasteiger partial charge in [-0.3, -0.25) is 0 Å². The second-order valence-corrected chi connectivity index (χ2v) is 6.92. The van der Waals surface area contributed by atoms with Crippen molar-refractivity contribution in [3.63, 3.8) is 0 Å². The fourth-order valence-electron chi connectivity index (χ4n) is 3.93. The van der Waals surface area contributed by atoms with Crippen LogP contribution in [0.2, 0.25) is 0 Å². The van der Waals surface area contributed by atoms with Gasteiger partial charge in [0, 0.05) is 8.22 Å². The third kappa shape index (κ3) is 4.14. The molecule has 0 aliphatic heterocycles. The Hall–Kier alpha value is -0.920. The van der Waals surface area contributed by atoms with Crippen molar-refractivity contribution in [2.75, 3.05) is 0 Å². The Labute approximate surface area is 148 Å². The van der Waals surface area contributed by atoms with Crippen LogP contribution in [0.5, 0.6) is 0 Å². The molecule has 0 spiro atoms. The maximum absolute atomic E-state index is 13.8. The highest BCUT2D eigenvalue weighted by molar-refractivity contribution is 5.22. The van der Waals surface area contributed by atoms with Crippen LogP contribution in [0, 0.1) is 29.4 Å². The van der Waals surface area contributed by atoms with E-state index in [4.69, 9.17) is 8.22 Å². The van der Waals surface area contributed by atoms with Crippen LogP contribution in [0.25, 0.3) is 0 Å². The first-order valence-electron chi connectivity index (χ1n) is 12.0. The van der Waals surface area contributed by atoms with Crippen molar-refractivity contribution in [1.82, 2.24) is 0 Å². The van der Waals surface area contributed by atoms with Gasteiger partial charge in [-0.2, -0.15) is 0 Å². The molecule has 2 unspecified atom stereocenters. The average molecular weight is 327 g/mol. The summed E-state index contributed by atoms with van der Waals surface area (Å²) in [6.07, 6.45) is -1.53. The molecule has 2 fully saturated rings. The van der Waals surface area contributed by atoms with Crippen molar-refractivity contribution in [2.45, 2.75) is 76.9 Å². The SMILES string of the molecule is [2H]C1C(c2ccc(F)c(F)c2)C([2H])([2H])C([2H])([2H])[C@H](C2CCC(CCC)CC2)[C@H]1[2H]. The molecular weight excluding hydrogens is 290 g/mol. The molecule has 0 saturated heterocycles. The van der Waals surface area contributed by atoms with Crippen molar-refractivity contribution in [3.8, 4) is 0 Å². The number of hydrogen-bond donors (Lipinski definition) is 0. The molecule has 0 aromatic heterocycles. The summed E-state index contributed by atoms with van der Waals surface area (Å²) in [6.45, 7) is 2.14. The largest absolute Gasteiger partial charge is 0.204 e. The molecule has 2 aliphatic rings. The maximum Gasteiger partial charge on any atom is 0.159 e. The van der Waals surface area contributed by atoms with E-state index in [0.717, 1.165) is 50.7 Å². The fourth-order valence-corrected chi connectivity index (χ4v) is 3.93.